The summed E-state index contributed by atoms with van der Waals surface area (Å²) in [5.74, 6) is 0. The molecule has 46 valence electrons. The number of nitrogens with one attached hydrogen (secondary N) is 2. The van der Waals surface area contributed by atoms with Crippen molar-refractivity contribution in [3.8, 4) is 0 Å². The molecule has 1 aliphatic heterocycles. The van der Waals surface area contributed by atoms with Gasteiger partial charge < -0.3 is 10.6 Å². The van der Waals surface area contributed by atoms with Crippen LogP contribution in [0.4, 0.5) is 0 Å². The van der Waals surface area contributed by atoms with Crippen molar-refractivity contribution in [2.45, 2.75) is 24.9 Å². The number of rotatable bonds is 0. The lowest BCUT2D eigenvalue weighted by atomic mass is 9.85. The van der Waals surface area contributed by atoms with Crippen molar-refractivity contribution in [1.29, 1.82) is 0 Å². The maximum absolute atomic E-state index is 3.46. The smallest absolute Gasteiger partial charge is 0.0222 e. The zero-order chi connectivity index (χ0) is 5.40. The van der Waals surface area contributed by atoms with Crippen molar-refractivity contribution in [3.63, 3.8) is 0 Å². The van der Waals surface area contributed by atoms with Gasteiger partial charge in [-0.15, -0.1) is 0 Å². The first kappa shape index (κ1) is 4.77. The van der Waals surface area contributed by atoms with Crippen LogP contribution in [0, 0.1) is 0 Å². The van der Waals surface area contributed by atoms with E-state index >= 15 is 0 Å². The summed E-state index contributed by atoms with van der Waals surface area (Å²) in [6.45, 7) is 2.34. The molecule has 2 rings (SSSR count). The van der Waals surface area contributed by atoms with Gasteiger partial charge in [0, 0.05) is 25.2 Å². The van der Waals surface area contributed by atoms with Gasteiger partial charge in [0.05, 0.1) is 0 Å². The molecule has 1 aliphatic carbocycles. The minimum atomic E-state index is 0.823. The summed E-state index contributed by atoms with van der Waals surface area (Å²) in [4.78, 5) is 0. The van der Waals surface area contributed by atoms with Crippen LogP contribution >= 0.6 is 0 Å². The largest absolute Gasteiger partial charge is 0.311 e. The van der Waals surface area contributed by atoms with E-state index in [1.54, 1.807) is 0 Å². The Hall–Kier alpha value is -0.0800. The zero-order valence-corrected chi connectivity index (χ0v) is 4.98. The van der Waals surface area contributed by atoms with E-state index in [4.69, 9.17) is 0 Å². The van der Waals surface area contributed by atoms with Crippen LogP contribution in [0.25, 0.3) is 0 Å². The minimum absolute atomic E-state index is 0.823. The lowest BCUT2D eigenvalue weighted by Gasteiger charge is -2.41. The van der Waals surface area contributed by atoms with E-state index in [0.29, 0.717) is 0 Å². The van der Waals surface area contributed by atoms with E-state index in [0.717, 1.165) is 12.1 Å². The Labute approximate surface area is 49.7 Å². The highest BCUT2D eigenvalue weighted by atomic mass is 15.1. The van der Waals surface area contributed by atoms with E-state index in [1.165, 1.54) is 25.9 Å². The summed E-state index contributed by atoms with van der Waals surface area (Å²) in [5, 5.41) is 6.91. The topological polar surface area (TPSA) is 24.1 Å². The SMILES string of the molecule is C1CN[C@H]2CCC2N1. The van der Waals surface area contributed by atoms with Gasteiger partial charge in [0.2, 0.25) is 0 Å². The summed E-state index contributed by atoms with van der Waals surface area (Å²) in [7, 11) is 0. The molecule has 2 fully saturated rings. The van der Waals surface area contributed by atoms with E-state index in [9.17, 15) is 0 Å². The average Bonchev–Trinajstić information content (AvgIpc) is 1.72. The first-order valence-corrected chi connectivity index (χ1v) is 3.43. The molecule has 0 amide bonds. The van der Waals surface area contributed by atoms with E-state index < -0.39 is 0 Å². The standard InChI is InChI=1S/C6H12N2/c1-2-6-5(1)7-3-4-8-6/h5-8H,1-4H2/t5-,6?/m0/s1. The molecule has 2 atom stereocenters. The molecule has 0 radical (unpaired) electrons. The lowest BCUT2D eigenvalue weighted by Crippen LogP contribution is -2.61. The van der Waals surface area contributed by atoms with Gasteiger partial charge in [-0.25, -0.2) is 0 Å². The van der Waals surface area contributed by atoms with Crippen molar-refractivity contribution < 1.29 is 0 Å². The normalized spacial score (nSPS) is 45.0. The highest BCUT2D eigenvalue weighted by Gasteiger charge is 2.31. The third kappa shape index (κ3) is 0.565. The van der Waals surface area contributed by atoms with E-state index in [2.05, 4.69) is 10.6 Å². The van der Waals surface area contributed by atoms with Crippen molar-refractivity contribution in [3.05, 3.63) is 0 Å². The highest BCUT2D eigenvalue weighted by molar-refractivity contribution is 4.95. The quantitative estimate of drug-likeness (QED) is 0.450. The summed E-state index contributed by atoms with van der Waals surface area (Å²) < 4.78 is 0. The van der Waals surface area contributed by atoms with Crippen LogP contribution < -0.4 is 10.6 Å². The van der Waals surface area contributed by atoms with Crippen LogP contribution in [0.5, 0.6) is 0 Å². The van der Waals surface area contributed by atoms with Crippen LogP contribution in [0.3, 0.4) is 0 Å². The second kappa shape index (κ2) is 1.71. The van der Waals surface area contributed by atoms with Gasteiger partial charge in [0.1, 0.15) is 0 Å². The third-order valence-corrected chi connectivity index (χ3v) is 2.21. The summed E-state index contributed by atoms with van der Waals surface area (Å²) in [6.07, 6.45) is 2.77. The molecule has 0 spiro atoms. The first-order valence-electron chi connectivity index (χ1n) is 3.43. The summed E-state index contributed by atoms with van der Waals surface area (Å²) in [5.41, 5.74) is 0. The van der Waals surface area contributed by atoms with Crippen molar-refractivity contribution >= 4 is 0 Å². The van der Waals surface area contributed by atoms with E-state index in [1.807, 2.05) is 0 Å². The fourth-order valence-corrected chi connectivity index (χ4v) is 1.50. The zero-order valence-electron chi connectivity index (χ0n) is 4.98. The third-order valence-electron chi connectivity index (χ3n) is 2.21. The second-order valence-electron chi connectivity index (χ2n) is 2.70. The van der Waals surface area contributed by atoms with Crippen LogP contribution in [-0.4, -0.2) is 25.2 Å². The molecule has 1 heterocycles. The van der Waals surface area contributed by atoms with Gasteiger partial charge in [-0.1, -0.05) is 0 Å². The highest BCUT2D eigenvalue weighted by Crippen LogP contribution is 2.20. The predicted octanol–water partition coefficient (Wildman–Crippen LogP) is -0.290. The van der Waals surface area contributed by atoms with Gasteiger partial charge in [-0.05, 0) is 12.8 Å². The molecular weight excluding hydrogens is 100 g/mol. The molecule has 2 N–H and O–H groups in total. The molecule has 2 nitrogen and oxygen atoms in total. The number of hydrogen-bond acceptors (Lipinski definition) is 2. The number of fused-ring (bicyclic) bond motifs is 1. The van der Waals surface area contributed by atoms with Crippen LogP contribution in [0.2, 0.25) is 0 Å². The lowest BCUT2D eigenvalue weighted by molar-refractivity contribution is 0.206. The molecule has 8 heavy (non-hydrogen) atoms. The van der Waals surface area contributed by atoms with Crippen molar-refractivity contribution in [1.82, 2.24) is 10.6 Å². The fraction of sp³-hybridized carbons (Fsp3) is 1.00. The van der Waals surface area contributed by atoms with Gasteiger partial charge in [0.25, 0.3) is 0 Å². The second-order valence-corrected chi connectivity index (χ2v) is 2.70. The Morgan fingerprint density at radius 2 is 1.38 bits per heavy atom. The molecule has 0 aromatic heterocycles. The fourth-order valence-electron chi connectivity index (χ4n) is 1.50. The number of piperazine rings is 1. The van der Waals surface area contributed by atoms with Gasteiger partial charge in [-0.3, -0.25) is 0 Å². The molecule has 0 bridgehead atoms. The van der Waals surface area contributed by atoms with Gasteiger partial charge in [-0.2, -0.15) is 0 Å². The Balaban J connectivity index is 1.92. The molecular formula is C6H12N2. The molecule has 2 aliphatic rings. The monoisotopic (exact) mass is 112 g/mol. The molecule has 1 saturated carbocycles. The maximum Gasteiger partial charge on any atom is 0.0222 e. The summed E-state index contributed by atoms with van der Waals surface area (Å²) in [6, 6.07) is 1.65. The molecule has 1 unspecified atom stereocenters. The van der Waals surface area contributed by atoms with Crippen LogP contribution in [0.1, 0.15) is 12.8 Å². The van der Waals surface area contributed by atoms with Crippen LogP contribution in [-0.2, 0) is 0 Å². The Bertz CT molecular complexity index is 80.5. The molecule has 0 aromatic carbocycles. The van der Waals surface area contributed by atoms with Crippen molar-refractivity contribution in [2.24, 2.45) is 0 Å². The molecule has 2 heteroatoms. The average molecular weight is 112 g/mol. The molecule has 1 saturated heterocycles. The van der Waals surface area contributed by atoms with Gasteiger partial charge >= 0.3 is 0 Å². The summed E-state index contributed by atoms with van der Waals surface area (Å²) >= 11 is 0. The van der Waals surface area contributed by atoms with Gasteiger partial charge in [0.15, 0.2) is 0 Å². The minimum Gasteiger partial charge on any atom is -0.311 e. The predicted molar refractivity (Wildman–Crippen MR) is 32.8 cm³/mol. The van der Waals surface area contributed by atoms with Crippen LogP contribution in [0.15, 0.2) is 0 Å². The molecule has 0 aromatic rings. The Kier molecular flexibility index (Phi) is 1.02. The maximum atomic E-state index is 3.46. The number of hydrogen-bond donors (Lipinski definition) is 2. The Morgan fingerprint density at radius 1 is 0.875 bits per heavy atom. The van der Waals surface area contributed by atoms with E-state index in [-0.39, 0.29) is 0 Å². The Morgan fingerprint density at radius 3 is 1.62 bits per heavy atom. The van der Waals surface area contributed by atoms with Crippen molar-refractivity contribution in [2.75, 3.05) is 13.1 Å². The first-order chi connectivity index (χ1) is 3.97.